The summed E-state index contributed by atoms with van der Waals surface area (Å²) in [6.07, 6.45) is 5.32. The van der Waals surface area contributed by atoms with Gasteiger partial charge in [-0.1, -0.05) is 0 Å². The molecule has 17 heavy (non-hydrogen) atoms. The molecule has 6 nitrogen and oxygen atoms in total. The summed E-state index contributed by atoms with van der Waals surface area (Å²) in [7, 11) is 1.85. The molecular formula is C11H19N5O. The first kappa shape index (κ1) is 12.0. The molecule has 1 heterocycles. The molecule has 2 N–H and O–H groups in total. The van der Waals surface area contributed by atoms with Crippen molar-refractivity contribution in [3.8, 4) is 0 Å². The summed E-state index contributed by atoms with van der Waals surface area (Å²) in [6, 6.07) is 0.459. The van der Waals surface area contributed by atoms with E-state index < -0.39 is 0 Å². The van der Waals surface area contributed by atoms with Crippen LogP contribution in [0.2, 0.25) is 0 Å². The van der Waals surface area contributed by atoms with Crippen LogP contribution < -0.4 is 10.6 Å². The van der Waals surface area contributed by atoms with Crippen LogP contribution in [0, 0.1) is 0 Å². The maximum atomic E-state index is 11.4. The molecule has 0 bridgehead atoms. The molecule has 1 amide bonds. The van der Waals surface area contributed by atoms with Crippen LogP contribution in [0.5, 0.6) is 0 Å². The predicted octanol–water partition coefficient (Wildman–Crippen LogP) is -0.384. The molecule has 6 heteroatoms. The second-order valence-corrected chi connectivity index (χ2v) is 4.43. The van der Waals surface area contributed by atoms with Crippen LogP contribution in [-0.2, 0) is 18.3 Å². The number of rotatable bonds is 7. The number of hydrogen-bond acceptors (Lipinski definition) is 4. The normalized spacial score (nSPS) is 14.9. The maximum Gasteiger partial charge on any atom is 0.221 e. The van der Waals surface area contributed by atoms with Gasteiger partial charge in [-0.2, -0.15) is 5.10 Å². The van der Waals surface area contributed by atoms with E-state index in [0.29, 0.717) is 19.0 Å². The Balaban J connectivity index is 1.49. The molecule has 1 saturated carbocycles. The van der Waals surface area contributed by atoms with Crippen molar-refractivity contribution in [2.45, 2.75) is 31.7 Å². The monoisotopic (exact) mass is 237 g/mol. The summed E-state index contributed by atoms with van der Waals surface area (Å²) < 4.78 is 1.69. The maximum absolute atomic E-state index is 11.4. The van der Waals surface area contributed by atoms with E-state index in [0.717, 1.165) is 31.6 Å². The van der Waals surface area contributed by atoms with Crippen molar-refractivity contribution in [1.82, 2.24) is 25.4 Å². The average Bonchev–Trinajstić information content (AvgIpc) is 3.00. The van der Waals surface area contributed by atoms with E-state index >= 15 is 0 Å². The highest BCUT2D eigenvalue weighted by Crippen LogP contribution is 2.18. The number of nitrogens with zero attached hydrogens (tertiary/aromatic N) is 3. The third-order valence-corrected chi connectivity index (χ3v) is 2.64. The number of carbonyl (C=O) groups excluding carboxylic acids is 1. The SMILES string of the molecule is Cn1cnc(CCNCCC(=O)NC2CC2)n1. The Morgan fingerprint density at radius 2 is 2.35 bits per heavy atom. The summed E-state index contributed by atoms with van der Waals surface area (Å²) in [5, 5.41) is 10.4. The topological polar surface area (TPSA) is 71.8 Å². The Bertz CT molecular complexity index is 372. The van der Waals surface area contributed by atoms with Crippen LogP contribution >= 0.6 is 0 Å². The second-order valence-electron chi connectivity index (χ2n) is 4.43. The minimum atomic E-state index is 0.149. The molecule has 1 aromatic rings. The van der Waals surface area contributed by atoms with E-state index in [4.69, 9.17) is 0 Å². The minimum Gasteiger partial charge on any atom is -0.353 e. The fraction of sp³-hybridized carbons (Fsp3) is 0.727. The van der Waals surface area contributed by atoms with E-state index in [-0.39, 0.29) is 5.91 Å². The highest BCUT2D eigenvalue weighted by atomic mass is 16.1. The van der Waals surface area contributed by atoms with E-state index in [1.165, 1.54) is 0 Å². The van der Waals surface area contributed by atoms with Crippen molar-refractivity contribution in [1.29, 1.82) is 0 Å². The fourth-order valence-corrected chi connectivity index (χ4v) is 1.55. The molecule has 2 rings (SSSR count). The predicted molar refractivity (Wildman–Crippen MR) is 63.4 cm³/mol. The third-order valence-electron chi connectivity index (χ3n) is 2.64. The van der Waals surface area contributed by atoms with E-state index in [9.17, 15) is 4.79 Å². The molecule has 1 aliphatic carbocycles. The Kier molecular flexibility index (Phi) is 4.08. The molecule has 1 aliphatic rings. The number of hydrogen-bond donors (Lipinski definition) is 2. The van der Waals surface area contributed by atoms with E-state index in [1.54, 1.807) is 11.0 Å². The Morgan fingerprint density at radius 1 is 1.53 bits per heavy atom. The summed E-state index contributed by atoms with van der Waals surface area (Å²) in [5.41, 5.74) is 0. The van der Waals surface area contributed by atoms with Gasteiger partial charge in [-0.05, 0) is 12.8 Å². The number of nitrogens with one attached hydrogen (secondary N) is 2. The van der Waals surface area contributed by atoms with Gasteiger partial charge in [0.1, 0.15) is 6.33 Å². The zero-order valence-electron chi connectivity index (χ0n) is 10.1. The van der Waals surface area contributed by atoms with Gasteiger partial charge in [0.05, 0.1) is 0 Å². The molecule has 94 valence electrons. The standard InChI is InChI=1S/C11H19N5O/c1-16-8-13-10(15-16)4-6-12-7-5-11(17)14-9-2-3-9/h8-9,12H,2-7H2,1H3,(H,14,17). The number of amides is 1. The Labute approximate surface area is 101 Å². The number of aryl methyl sites for hydroxylation is 1. The van der Waals surface area contributed by atoms with Crippen LogP contribution in [0.4, 0.5) is 0 Å². The summed E-state index contributed by atoms with van der Waals surface area (Å²) in [4.78, 5) is 15.5. The van der Waals surface area contributed by atoms with Gasteiger partial charge in [-0.25, -0.2) is 4.98 Å². The van der Waals surface area contributed by atoms with Crippen LogP contribution in [-0.4, -0.2) is 39.8 Å². The number of aromatic nitrogens is 3. The largest absolute Gasteiger partial charge is 0.353 e. The molecule has 1 fully saturated rings. The van der Waals surface area contributed by atoms with Gasteiger partial charge in [0.2, 0.25) is 5.91 Å². The van der Waals surface area contributed by atoms with Gasteiger partial charge in [0, 0.05) is 39.0 Å². The van der Waals surface area contributed by atoms with E-state index in [2.05, 4.69) is 20.7 Å². The third kappa shape index (κ3) is 4.52. The van der Waals surface area contributed by atoms with Crippen molar-refractivity contribution in [2.75, 3.05) is 13.1 Å². The molecule has 0 aromatic carbocycles. The molecule has 0 spiro atoms. The van der Waals surface area contributed by atoms with Crippen molar-refractivity contribution in [3.05, 3.63) is 12.2 Å². The summed E-state index contributed by atoms with van der Waals surface area (Å²) >= 11 is 0. The van der Waals surface area contributed by atoms with Gasteiger partial charge >= 0.3 is 0 Å². The molecule has 0 atom stereocenters. The summed E-state index contributed by atoms with van der Waals surface area (Å²) in [5.74, 6) is 0.985. The lowest BCUT2D eigenvalue weighted by molar-refractivity contribution is -0.121. The highest BCUT2D eigenvalue weighted by Gasteiger charge is 2.22. The lowest BCUT2D eigenvalue weighted by atomic mass is 10.3. The van der Waals surface area contributed by atoms with Crippen LogP contribution in [0.25, 0.3) is 0 Å². The van der Waals surface area contributed by atoms with Crippen LogP contribution in [0.1, 0.15) is 25.1 Å². The molecule has 0 unspecified atom stereocenters. The number of carbonyl (C=O) groups is 1. The van der Waals surface area contributed by atoms with Gasteiger partial charge < -0.3 is 10.6 Å². The first-order chi connectivity index (χ1) is 8.24. The van der Waals surface area contributed by atoms with Crippen molar-refractivity contribution >= 4 is 5.91 Å². The van der Waals surface area contributed by atoms with Crippen LogP contribution in [0.15, 0.2) is 6.33 Å². The fourth-order valence-electron chi connectivity index (χ4n) is 1.55. The summed E-state index contributed by atoms with van der Waals surface area (Å²) in [6.45, 7) is 1.52. The smallest absolute Gasteiger partial charge is 0.221 e. The molecule has 0 radical (unpaired) electrons. The zero-order chi connectivity index (χ0) is 12.1. The first-order valence-corrected chi connectivity index (χ1v) is 6.08. The quantitative estimate of drug-likeness (QED) is 0.634. The van der Waals surface area contributed by atoms with Crippen molar-refractivity contribution < 1.29 is 4.79 Å². The average molecular weight is 237 g/mol. The zero-order valence-corrected chi connectivity index (χ0v) is 10.1. The minimum absolute atomic E-state index is 0.149. The van der Waals surface area contributed by atoms with Gasteiger partial charge in [0.15, 0.2) is 5.82 Å². The Hall–Kier alpha value is -1.43. The Morgan fingerprint density at radius 3 is 3.00 bits per heavy atom. The molecular weight excluding hydrogens is 218 g/mol. The lowest BCUT2D eigenvalue weighted by Gasteiger charge is -2.04. The van der Waals surface area contributed by atoms with E-state index in [1.807, 2.05) is 7.05 Å². The van der Waals surface area contributed by atoms with Gasteiger partial charge in [-0.3, -0.25) is 9.48 Å². The molecule has 1 aromatic heterocycles. The van der Waals surface area contributed by atoms with Crippen LogP contribution in [0.3, 0.4) is 0 Å². The van der Waals surface area contributed by atoms with Crippen molar-refractivity contribution in [3.63, 3.8) is 0 Å². The molecule has 0 saturated heterocycles. The van der Waals surface area contributed by atoms with Gasteiger partial charge in [0.25, 0.3) is 0 Å². The first-order valence-electron chi connectivity index (χ1n) is 6.08. The lowest BCUT2D eigenvalue weighted by Crippen LogP contribution is -2.29. The highest BCUT2D eigenvalue weighted by molar-refractivity contribution is 5.76. The second kappa shape index (κ2) is 5.77. The van der Waals surface area contributed by atoms with Gasteiger partial charge in [-0.15, -0.1) is 0 Å². The van der Waals surface area contributed by atoms with Crippen molar-refractivity contribution in [2.24, 2.45) is 7.05 Å². The molecule has 0 aliphatic heterocycles.